The monoisotopic (exact) mass is 438 g/mol. The number of hydrogen-bond donors (Lipinski definition) is 1. The number of aryl methyl sites for hydroxylation is 1. The van der Waals surface area contributed by atoms with Gasteiger partial charge >= 0.3 is 0 Å². The second kappa shape index (κ2) is 9.19. The number of benzene rings is 2. The maximum absolute atomic E-state index is 12.4. The molecule has 0 bridgehead atoms. The molecule has 2 heterocycles. The number of para-hydroxylation sites is 1. The minimum Gasteiger partial charge on any atom is -0.469 e. The van der Waals surface area contributed by atoms with Crippen LogP contribution in [0.2, 0.25) is 5.02 Å². The quantitative estimate of drug-likeness (QED) is 0.415. The minimum absolute atomic E-state index is 0.0939. The Labute approximate surface area is 183 Å². The number of rotatable bonds is 7. The molecule has 0 saturated heterocycles. The smallest absolute Gasteiger partial charge is 0.230 e. The average Bonchev–Trinajstić information content (AvgIpc) is 3.37. The zero-order valence-electron chi connectivity index (χ0n) is 16.2. The van der Waals surface area contributed by atoms with Gasteiger partial charge in [0.05, 0.1) is 17.6 Å². The highest BCUT2D eigenvalue weighted by molar-refractivity contribution is 7.99. The molecule has 0 aliphatic carbocycles. The Morgan fingerprint density at radius 2 is 1.97 bits per heavy atom. The number of amides is 1. The first-order valence-corrected chi connectivity index (χ1v) is 10.7. The molecule has 0 atom stereocenters. The van der Waals surface area contributed by atoms with Crippen molar-refractivity contribution in [2.24, 2.45) is 0 Å². The molecular weight excluding hydrogens is 420 g/mol. The molecule has 4 rings (SSSR count). The Balaban J connectivity index is 1.51. The zero-order chi connectivity index (χ0) is 20.9. The van der Waals surface area contributed by atoms with Crippen LogP contribution in [0.1, 0.15) is 11.3 Å². The molecule has 6 nitrogen and oxygen atoms in total. The third-order valence-electron chi connectivity index (χ3n) is 4.46. The normalized spacial score (nSPS) is 10.9. The molecule has 2 aromatic carbocycles. The molecule has 152 valence electrons. The van der Waals surface area contributed by atoms with Gasteiger partial charge in [0, 0.05) is 17.3 Å². The van der Waals surface area contributed by atoms with Gasteiger partial charge in [-0.3, -0.25) is 9.36 Å². The van der Waals surface area contributed by atoms with Gasteiger partial charge in [-0.25, -0.2) is 0 Å². The lowest BCUT2D eigenvalue weighted by Crippen LogP contribution is -2.24. The van der Waals surface area contributed by atoms with Gasteiger partial charge in [-0.2, -0.15) is 0 Å². The minimum atomic E-state index is -0.0939. The van der Waals surface area contributed by atoms with Crippen molar-refractivity contribution in [3.05, 3.63) is 83.3 Å². The third-order valence-corrected chi connectivity index (χ3v) is 5.62. The van der Waals surface area contributed by atoms with Crippen molar-refractivity contribution in [3.63, 3.8) is 0 Å². The van der Waals surface area contributed by atoms with Crippen molar-refractivity contribution < 1.29 is 9.21 Å². The van der Waals surface area contributed by atoms with Gasteiger partial charge in [-0.05, 0) is 42.8 Å². The Kier molecular flexibility index (Phi) is 6.21. The molecule has 0 saturated carbocycles. The van der Waals surface area contributed by atoms with Crippen LogP contribution in [-0.2, 0) is 11.3 Å². The van der Waals surface area contributed by atoms with Crippen molar-refractivity contribution >= 4 is 29.3 Å². The highest BCUT2D eigenvalue weighted by Crippen LogP contribution is 2.30. The predicted octanol–water partition coefficient (Wildman–Crippen LogP) is 4.90. The summed E-state index contributed by atoms with van der Waals surface area (Å²) in [6.07, 6.45) is 1.63. The van der Waals surface area contributed by atoms with E-state index in [1.807, 2.05) is 66.1 Å². The first-order valence-electron chi connectivity index (χ1n) is 9.31. The Morgan fingerprint density at radius 1 is 1.13 bits per heavy atom. The number of nitrogens with zero attached hydrogens (tertiary/aromatic N) is 3. The van der Waals surface area contributed by atoms with Gasteiger partial charge < -0.3 is 9.73 Å². The van der Waals surface area contributed by atoms with Crippen molar-refractivity contribution in [1.82, 2.24) is 20.1 Å². The van der Waals surface area contributed by atoms with E-state index in [-0.39, 0.29) is 11.7 Å². The van der Waals surface area contributed by atoms with Crippen molar-refractivity contribution in [2.45, 2.75) is 18.6 Å². The van der Waals surface area contributed by atoms with E-state index in [9.17, 15) is 4.79 Å². The molecule has 0 aliphatic rings. The highest BCUT2D eigenvalue weighted by atomic mass is 35.5. The molecular formula is C22H19ClN4O2S. The van der Waals surface area contributed by atoms with Crippen molar-refractivity contribution in [1.29, 1.82) is 0 Å². The van der Waals surface area contributed by atoms with Crippen LogP contribution in [0.3, 0.4) is 0 Å². The summed E-state index contributed by atoms with van der Waals surface area (Å²) in [7, 11) is 0. The lowest BCUT2D eigenvalue weighted by atomic mass is 10.2. The fourth-order valence-electron chi connectivity index (χ4n) is 2.99. The fraction of sp³-hybridized carbons (Fsp3) is 0.136. The maximum Gasteiger partial charge on any atom is 0.230 e. The topological polar surface area (TPSA) is 72.9 Å². The average molecular weight is 439 g/mol. The first kappa shape index (κ1) is 20.3. The van der Waals surface area contributed by atoms with Crippen LogP contribution >= 0.6 is 23.4 Å². The molecule has 0 radical (unpaired) electrons. The largest absolute Gasteiger partial charge is 0.469 e. The SMILES string of the molecule is Cc1occc1-c1nnc(SCC(=O)NCc2cccc(Cl)c2)n1-c1ccccc1. The van der Waals surface area contributed by atoms with Crippen LogP contribution in [0.5, 0.6) is 0 Å². The van der Waals surface area contributed by atoms with Crippen LogP contribution in [0.4, 0.5) is 0 Å². The summed E-state index contributed by atoms with van der Waals surface area (Å²) in [6, 6.07) is 19.1. The predicted molar refractivity (Wildman–Crippen MR) is 118 cm³/mol. The Morgan fingerprint density at radius 3 is 2.70 bits per heavy atom. The van der Waals surface area contributed by atoms with Crippen LogP contribution in [0.25, 0.3) is 17.1 Å². The van der Waals surface area contributed by atoms with E-state index >= 15 is 0 Å². The highest BCUT2D eigenvalue weighted by Gasteiger charge is 2.19. The molecule has 4 aromatic rings. The van der Waals surface area contributed by atoms with Crippen molar-refractivity contribution in [2.75, 3.05) is 5.75 Å². The van der Waals surface area contributed by atoms with E-state index in [1.165, 1.54) is 11.8 Å². The number of carbonyl (C=O) groups excluding carboxylic acids is 1. The number of aromatic nitrogens is 3. The van der Waals surface area contributed by atoms with Gasteiger partial charge in [0.25, 0.3) is 0 Å². The van der Waals surface area contributed by atoms with E-state index in [2.05, 4.69) is 15.5 Å². The molecule has 30 heavy (non-hydrogen) atoms. The van der Waals surface area contributed by atoms with Gasteiger partial charge in [0.2, 0.25) is 5.91 Å². The summed E-state index contributed by atoms with van der Waals surface area (Å²) in [5.41, 5.74) is 2.73. The number of halogens is 1. The Bertz CT molecular complexity index is 1160. The van der Waals surface area contributed by atoms with Crippen molar-refractivity contribution in [3.8, 4) is 17.1 Å². The van der Waals surface area contributed by atoms with E-state index in [0.29, 0.717) is 22.5 Å². The lowest BCUT2D eigenvalue weighted by Gasteiger charge is -2.10. The zero-order valence-corrected chi connectivity index (χ0v) is 17.8. The molecule has 2 aromatic heterocycles. The van der Waals surface area contributed by atoms with E-state index < -0.39 is 0 Å². The van der Waals surface area contributed by atoms with E-state index in [1.54, 1.807) is 12.3 Å². The number of furan rings is 1. The van der Waals surface area contributed by atoms with Crippen LogP contribution in [0, 0.1) is 6.92 Å². The second-order valence-electron chi connectivity index (χ2n) is 6.56. The standard InChI is InChI=1S/C22H19ClN4O2S/c1-15-19(10-11-29-15)21-25-26-22(27(21)18-8-3-2-4-9-18)30-14-20(28)24-13-16-6-5-7-17(23)12-16/h2-12H,13-14H2,1H3,(H,24,28). The fourth-order valence-corrected chi connectivity index (χ4v) is 3.99. The van der Waals surface area contributed by atoms with Crippen LogP contribution in [0.15, 0.2) is 76.5 Å². The number of hydrogen-bond acceptors (Lipinski definition) is 5. The second-order valence-corrected chi connectivity index (χ2v) is 7.94. The van der Waals surface area contributed by atoms with Gasteiger partial charge in [0.1, 0.15) is 5.76 Å². The lowest BCUT2D eigenvalue weighted by molar-refractivity contribution is -0.118. The molecule has 0 unspecified atom stereocenters. The summed E-state index contributed by atoms with van der Waals surface area (Å²) in [4.78, 5) is 12.4. The molecule has 0 spiro atoms. The van der Waals surface area contributed by atoms with Gasteiger partial charge in [0.15, 0.2) is 11.0 Å². The van der Waals surface area contributed by atoms with Gasteiger partial charge in [-0.1, -0.05) is 53.7 Å². The number of nitrogens with one attached hydrogen (secondary N) is 1. The maximum atomic E-state index is 12.4. The third kappa shape index (κ3) is 4.58. The summed E-state index contributed by atoms with van der Waals surface area (Å²) in [6.45, 7) is 2.31. The van der Waals surface area contributed by atoms with Crippen LogP contribution < -0.4 is 5.32 Å². The number of thioether (sulfide) groups is 1. The summed E-state index contributed by atoms with van der Waals surface area (Å²) >= 11 is 7.32. The van der Waals surface area contributed by atoms with Crippen LogP contribution in [-0.4, -0.2) is 26.4 Å². The molecule has 1 N–H and O–H groups in total. The number of carbonyl (C=O) groups is 1. The molecule has 0 fully saturated rings. The Hall–Kier alpha value is -3.03. The first-order chi connectivity index (χ1) is 14.6. The molecule has 0 aliphatic heterocycles. The summed E-state index contributed by atoms with van der Waals surface area (Å²) in [5, 5.41) is 12.9. The van der Waals surface area contributed by atoms with E-state index in [4.69, 9.17) is 16.0 Å². The molecule has 8 heteroatoms. The van der Waals surface area contributed by atoms with E-state index in [0.717, 1.165) is 22.6 Å². The summed E-state index contributed by atoms with van der Waals surface area (Å²) < 4.78 is 7.38. The summed E-state index contributed by atoms with van der Waals surface area (Å²) in [5.74, 6) is 1.56. The molecule has 1 amide bonds. The van der Waals surface area contributed by atoms with Gasteiger partial charge in [-0.15, -0.1) is 10.2 Å².